The predicted octanol–water partition coefficient (Wildman–Crippen LogP) is 2.86. The Morgan fingerprint density at radius 2 is 2.14 bits per heavy atom. The van der Waals surface area contributed by atoms with E-state index in [9.17, 15) is 4.79 Å². The van der Waals surface area contributed by atoms with E-state index in [1.165, 1.54) is 12.4 Å². The van der Waals surface area contributed by atoms with Crippen LogP contribution in [0.4, 0.5) is 11.5 Å². The van der Waals surface area contributed by atoms with E-state index >= 15 is 0 Å². The van der Waals surface area contributed by atoms with Crippen molar-refractivity contribution in [2.45, 2.75) is 13.3 Å². The van der Waals surface area contributed by atoms with Gasteiger partial charge in [0.05, 0.1) is 0 Å². The lowest BCUT2D eigenvalue weighted by molar-refractivity contribution is -0.115. The zero-order chi connectivity index (χ0) is 15.9. The smallest absolute Gasteiger partial charge is 0.226 e. The Morgan fingerprint density at radius 3 is 2.86 bits per heavy atom. The van der Waals surface area contributed by atoms with Gasteiger partial charge in [0, 0.05) is 35.5 Å². The van der Waals surface area contributed by atoms with Crippen LogP contribution in [0.1, 0.15) is 17.7 Å². The molecule has 2 rings (SSSR count). The highest BCUT2D eigenvalue weighted by Gasteiger charge is 2.07. The van der Waals surface area contributed by atoms with E-state index in [4.69, 9.17) is 5.26 Å². The van der Waals surface area contributed by atoms with Gasteiger partial charge in [-0.2, -0.15) is 5.26 Å². The first-order valence-corrected chi connectivity index (χ1v) is 7.40. The number of rotatable bonds is 5. The molecule has 22 heavy (non-hydrogen) atoms. The van der Waals surface area contributed by atoms with Crippen LogP contribution in [-0.2, 0) is 4.79 Å². The minimum Gasteiger partial charge on any atom is -0.367 e. The van der Waals surface area contributed by atoms with Gasteiger partial charge in [-0.05, 0) is 30.7 Å². The van der Waals surface area contributed by atoms with Crippen LogP contribution in [0, 0.1) is 18.3 Å². The molecule has 6 nitrogen and oxygen atoms in total. The van der Waals surface area contributed by atoms with Gasteiger partial charge in [-0.25, -0.2) is 9.97 Å². The number of benzene rings is 1. The normalized spacial score (nSPS) is 9.86. The van der Waals surface area contributed by atoms with E-state index in [2.05, 4.69) is 36.5 Å². The summed E-state index contributed by atoms with van der Waals surface area (Å²) in [6.07, 6.45) is 3.21. The van der Waals surface area contributed by atoms with Crippen molar-refractivity contribution in [1.82, 2.24) is 9.97 Å². The molecule has 0 unspecified atom stereocenters. The number of aromatic nitrogens is 2. The zero-order valence-corrected chi connectivity index (χ0v) is 13.5. The predicted molar refractivity (Wildman–Crippen MR) is 87.4 cm³/mol. The standard InChI is InChI=1S/C15H14BrN5O/c1-10-8-11(16)2-3-12(10)21-14(22)4-5-19-15-13(9-17)18-6-7-20-15/h2-3,6-8H,4-5H2,1H3,(H,19,20)(H,21,22). The van der Waals surface area contributed by atoms with E-state index < -0.39 is 0 Å². The molecule has 0 fully saturated rings. The summed E-state index contributed by atoms with van der Waals surface area (Å²) in [5.74, 6) is 0.276. The molecule has 0 bridgehead atoms. The molecule has 112 valence electrons. The molecule has 7 heteroatoms. The SMILES string of the molecule is Cc1cc(Br)ccc1NC(=O)CCNc1nccnc1C#N. The van der Waals surface area contributed by atoms with Crippen molar-refractivity contribution in [3.8, 4) is 6.07 Å². The molecule has 0 aliphatic rings. The number of nitrogens with one attached hydrogen (secondary N) is 2. The van der Waals surface area contributed by atoms with E-state index in [1.54, 1.807) is 0 Å². The third-order valence-electron chi connectivity index (χ3n) is 2.91. The summed E-state index contributed by atoms with van der Waals surface area (Å²) in [4.78, 5) is 19.8. The molecular weight excluding hydrogens is 346 g/mol. The summed E-state index contributed by atoms with van der Waals surface area (Å²) in [5.41, 5.74) is 1.98. The molecular formula is C15H14BrN5O. The second-order valence-electron chi connectivity index (χ2n) is 4.55. The molecule has 0 atom stereocenters. The number of amides is 1. The zero-order valence-electron chi connectivity index (χ0n) is 11.9. The topological polar surface area (TPSA) is 90.7 Å². The highest BCUT2D eigenvalue weighted by molar-refractivity contribution is 9.10. The number of carbonyl (C=O) groups is 1. The number of anilines is 2. The van der Waals surface area contributed by atoms with Gasteiger partial charge in [-0.15, -0.1) is 0 Å². The van der Waals surface area contributed by atoms with Crippen LogP contribution >= 0.6 is 15.9 Å². The lowest BCUT2D eigenvalue weighted by Crippen LogP contribution is -2.17. The second-order valence-corrected chi connectivity index (χ2v) is 5.47. The van der Waals surface area contributed by atoms with Gasteiger partial charge >= 0.3 is 0 Å². The quantitative estimate of drug-likeness (QED) is 0.856. The molecule has 2 aromatic rings. The summed E-state index contributed by atoms with van der Waals surface area (Å²) in [6, 6.07) is 7.61. The minimum atomic E-state index is -0.111. The van der Waals surface area contributed by atoms with Crippen LogP contribution in [0.3, 0.4) is 0 Å². The van der Waals surface area contributed by atoms with Gasteiger partial charge in [0.25, 0.3) is 0 Å². The highest BCUT2D eigenvalue weighted by Crippen LogP contribution is 2.20. The molecule has 0 saturated carbocycles. The first-order chi connectivity index (χ1) is 10.6. The fraction of sp³-hybridized carbons (Fsp3) is 0.200. The van der Waals surface area contributed by atoms with E-state index in [0.717, 1.165) is 15.7 Å². The average Bonchev–Trinajstić information content (AvgIpc) is 2.50. The van der Waals surface area contributed by atoms with Crippen LogP contribution in [0.25, 0.3) is 0 Å². The number of nitrogens with zero attached hydrogens (tertiary/aromatic N) is 3. The molecule has 0 radical (unpaired) electrons. The summed E-state index contributed by atoms with van der Waals surface area (Å²) in [6.45, 7) is 2.30. The Kier molecular flexibility index (Phi) is 5.44. The Bertz CT molecular complexity index is 726. The van der Waals surface area contributed by atoms with E-state index in [1.807, 2.05) is 31.2 Å². The molecule has 1 heterocycles. The summed E-state index contributed by atoms with van der Waals surface area (Å²) >= 11 is 3.38. The van der Waals surface area contributed by atoms with E-state index in [0.29, 0.717) is 12.4 Å². The van der Waals surface area contributed by atoms with Crippen LogP contribution < -0.4 is 10.6 Å². The third kappa shape index (κ3) is 4.27. The van der Waals surface area contributed by atoms with Crippen LogP contribution in [0.5, 0.6) is 0 Å². The molecule has 1 aromatic carbocycles. The Balaban J connectivity index is 1.87. The van der Waals surface area contributed by atoms with E-state index in [-0.39, 0.29) is 18.0 Å². The highest BCUT2D eigenvalue weighted by atomic mass is 79.9. The second kappa shape index (κ2) is 7.52. The van der Waals surface area contributed by atoms with Gasteiger partial charge in [-0.1, -0.05) is 15.9 Å². The molecule has 0 saturated heterocycles. The molecule has 0 aliphatic heterocycles. The van der Waals surface area contributed by atoms with Crippen molar-refractivity contribution in [2.24, 2.45) is 0 Å². The molecule has 2 N–H and O–H groups in total. The maximum Gasteiger partial charge on any atom is 0.226 e. The van der Waals surface area contributed by atoms with Crippen LogP contribution in [0.2, 0.25) is 0 Å². The third-order valence-corrected chi connectivity index (χ3v) is 3.40. The van der Waals surface area contributed by atoms with Crippen molar-refractivity contribution in [2.75, 3.05) is 17.2 Å². The van der Waals surface area contributed by atoms with Crippen LogP contribution in [0.15, 0.2) is 35.1 Å². The van der Waals surface area contributed by atoms with Gasteiger partial charge in [-0.3, -0.25) is 4.79 Å². The molecule has 1 aromatic heterocycles. The average molecular weight is 360 g/mol. The minimum absolute atomic E-state index is 0.111. The number of carbonyl (C=O) groups excluding carboxylic acids is 1. The molecule has 0 spiro atoms. The van der Waals surface area contributed by atoms with Crippen molar-refractivity contribution >= 4 is 33.3 Å². The fourth-order valence-corrected chi connectivity index (χ4v) is 2.30. The number of nitriles is 1. The fourth-order valence-electron chi connectivity index (χ4n) is 1.82. The van der Waals surface area contributed by atoms with Gasteiger partial charge in [0.15, 0.2) is 11.5 Å². The Hall–Kier alpha value is -2.46. The Labute approximate surface area is 136 Å². The van der Waals surface area contributed by atoms with Crippen molar-refractivity contribution < 1.29 is 4.79 Å². The summed E-state index contributed by atoms with van der Waals surface area (Å²) in [7, 11) is 0. The first kappa shape index (κ1) is 15.9. The molecule has 1 amide bonds. The van der Waals surface area contributed by atoms with Crippen LogP contribution in [-0.4, -0.2) is 22.4 Å². The van der Waals surface area contributed by atoms with Gasteiger partial charge in [0.1, 0.15) is 6.07 Å². The Morgan fingerprint density at radius 1 is 1.36 bits per heavy atom. The maximum absolute atomic E-state index is 11.9. The van der Waals surface area contributed by atoms with Crippen molar-refractivity contribution in [3.05, 3.63) is 46.3 Å². The summed E-state index contributed by atoms with van der Waals surface area (Å²) in [5, 5.41) is 14.7. The van der Waals surface area contributed by atoms with Crippen molar-refractivity contribution in [3.63, 3.8) is 0 Å². The molecule has 0 aliphatic carbocycles. The monoisotopic (exact) mass is 359 g/mol. The first-order valence-electron chi connectivity index (χ1n) is 6.61. The number of halogens is 1. The lowest BCUT2D eigenvalue weighted by Gasteiger charge is -2.09. The van der Waals surface area contributed by atoms with Gasteiger partial charge in [0.2, 0.25) is 5.91 Å². The largest absolute Gasteiger partial charge is 0.367 e. The maximum atomic E-state index is 11.9. The lowest BCUT2D eigenvalue weighted by atomic mass is 10.2. The van der Waals surface area contributed by atoms with Gasteiger partial charge < -0.3 is 10.6 Å². The number of hydrogen-bond acceptors (Lipinski definition) is 5. The van der Waals surface area contributed by atoms with Crippen molar-refractivity contribution in [1.29, 1.82) is 5.26 Å². The number of aryl methyl sites for hydroxylation is 1. The number of hydrogen-bond donors (Lipinski definition) is 2. The summed E-state index contributed by atoms with van der Waals surface area (Å²) < 4.78 is 0.969.